The molecular weight excluding hydrogens is 367 g/mol. The maximum absolute atomic E-state index is 11.6. The second-order valence-electron chi connectivity index (χ2n) is 4.50. The van der Waals surface area contributed by atoms with Crippen LogP contribution in [0.5, 0.6) is 0 Å². The van der Waals surface area contributed by atoms with Crippen molar-refractivity contribution in [2.75, 3.05) is 6.61 Å². The SMILES string of the molecule is O=c1[nH]c(=O)n(CC[C@H]2C[C@H](O)[C@@H](CO)O2)cc1I. The number of aromatic nitrogens is 2. The van der Waals surface area contributed by atoms with Crippen LogP contribution in [0.25, 0.3) is 0 Å². The normalized spacial score (nSPS) is 26.8. The topological polar surface area (TPSA) is 105 Å². The minimum absolute atomic E-state index is 0.191. The fourth-order valence-corrected chi connectivity index (χ4v) is 2.57. The number of halogens is 1. The molecule has 7 nitrogen and oxygen atoms in total. The van der Waals surface area contributed by atoms with Crippen LogP contribution in [0.3, 0.4) is 0 Å². The van der Waals surface area contributed by atoms with Gasteiger partial charge in [0.25, 0.3) is 5.56 Å². The zero-order chi connectivity index (χ0) is 14.0. The molecule has 1 saturated heterocycles. The number of H-pyrrole nitrogens is 1. The van der Waals surface area contributed by atoms with E-state index >= 15 is 0 Å². The summed E-state index contributed by atoms with van der Waals surface area (Å²) in [5, 5.41) is 18.6. The second-order valence-corrected chi connectivity index (χ2v) is 5.66. The summed E-state index contributed by atoms with van der Waals surface area (Å²) in [6, 6.07) is 0. The van der Waals surface area contributed by atoms with Gasteiger partial charge in [0.05, 0.1) is 22.4 Å². The summed E-state index contributed by atoms with van der Waals surface area (Å²) in [7, 11) is 0. The molecule has 0 spiro atoms. The van der Waals surface area contributed by atoms with Crippen molar-refractivity contribution in [3.8, 4) is 0 Å². The van der Waals surface area contributed by atoms with Gasteiger partial charge in [-0.15, -0.1) is 0 Å². The van der Waals surface area contributed by atoms with Gasteiger partial charge in [-0.2, -0.15) is 0 Å². The van der Waals surface area contributed by atoms with Crippen LogP contribution >= 0.6 is 22.6 Å². The Bertz CT molecular complexity index is 555. The van der Waals surface area contributed by atoms with Crippen molar-refractivity contribution in [3.63, 3.8) is 0 Å². The molecule has 2 heterocycles. The molecule has 1 aliphatic heterocycles. The maximum Gasteiger partial charge on any atom is 0.328 e. The first kappa shape index (κ1) is 14.7. The van der Waals surface area contributed by atoms with Crippen LogP contribution < -0.4 is 11.2 Å². The standard InChI is InChI=1S/C11H15IN2O5/c12-7-4-14(11(18)13-10(7)17)2-1-6-3-8(16)9(5-15)19-6/h4,6,8-9,15-16H,1-3,5H2,(H,13,17,18)/t6-,8-,9+/m0/s1. The fourth-order valence-electron chi connectivity index (χ4n) is 2.10. The highest BCUT2D eigenvalue weighted by Crippen LogP contribution is 2.22. The minimum atomic E-state index is -0.664. The summed E-state index contributed by atoms with van der Waals surface area (Å²) in [6.07, 6.45) is 1.08. The molecule has 1 aromatic rings. The number of hydrogen-bond acceptors (Lipinski definition) is 5. The second kappa shape index (κ2) is 6.16. The third-order valence-corrected chi connectivity index (χ3v) is 3.91. The van der Waals surface area contributed by atoms with Gasteiger partial charge in [0.1, 0.15) is 6.10 Å². The molecule has 1 aliphatic rings. The molecule has 1 aromatic heterocycles. The van der Waals surface area contributed by atoms with Gasteiger partial charge in [-0.05, 0) is 29.0 Å². The fraction of sp³-hybridized carbons (Fsp3) is 0.636. The Morgan fingerprint density at radius 2 is 2.26 bits per heavy atom. The van der Waals surface area contributed by atoms with Gasteiger partial charge >= 0.3 is 5.69 Å². The van der Waals surface area contributed by atoms with Crippen molar-refractivity contribution >= 4 is 22.6 Å². The van der Waals surface area contributed by atoms with Crippen LogP contribution in [-0.2, 0) is 11.3 Å². The summed E-state index contributed by atoms with van der Waals surface area (Å²) in [5.41, 5.74) is -0.850. The van der Waals surface area contributed by atoms with Gasteiger partial charge in [-0.25, -0.2) is 4.79 Å². The molecule has 1 fully saturated rings. The Balaban J connectivity index is 1.99. The molecule has 3 N–H and O–H groups in total. The van der Waals surface area contributed by atoms with E-state index in [-0.39, 0.29) is 12.7 Å². The highest BCUT2D eigenvalue weighted by molar-refractivity contribution is 14.1. The van der Waals surface area contributed by atoms with Crippen molar-refractivity contribution in [1.82, 2.24) is 9.55 Å². The molecule has 0 aromatic carbocycles. The average Bonchev–Trinajstić information content (AvgIpc) is 2.73. The molecule has 8 heteroatoms. The highest BCUT2D eigenvalue weighted by Gasteiger charge is 2.32. The lowest BCUT2D eigenvalue weighted by atomic mass is 10.1. The quantitative estimate of drug-likeness (QED) is 0.582. The van der Waals surface area contributed by atoms with E-state index in [1.807, 2.05) is 22.6 Å². The molecule has 3 atom stereocenters. The van der Waals surface area contributed by atoms with E-state index in [0.717, 1.165) is 0 Å². The van der Waals surface area contributed by atoms with Crippen molar-refractivity contribution < 1.29 is 14.9 Å². The van der Waals surface area contributed by atoms with E-state index in [9.17, 15) is 14.7 Å². The van der Waals surface area contributed by atoms with Crippen molar-refractivity contribution in [3.05, 3.63) is 30.6 Å². The number of aliphatic hydroxyl groups is 2. The van der Waals surface area contributed by atoms with E-state index in [1.54, 1.807) is 0 Å². The van der Waals surface area contributed by atoms with Gasteiger partial charge in [0, 0.05) is 19.2 Å². The van der Waals surface area contributed by atoms with Gasteiger partial charge in [0.15, 0.2) is 0 Å². The van der Waals surface area contributed by atoms with E-state index in [2.05, 4.69) is 4.98 Å². The lowest BCUT2D eigenvalue weighted by Gasteiger charge is -2.12. The lowest BCUT2D eigenvalue weighted by molar-refractivity contribution is -0.0246. The first-order valence-corrected chi connectivity index (χ1v) is 7.02. The first-order chi connectivity index (χ1) is 9.01. The molecule has 0 aliphatic carbocycles. The van der Waals surface area contributed by atoms with Gasteiger partial charge in [-0.3, -0.25) is 14.3 Å². The number of rotatable bonds is 4. The smallest absolute Gasteiger partial charge is 0.328 e. The Hall–Kier alpha value is -0.710. The van der Waals surface area contributed by atoms with Gasteiger partial charge < -0.3 is 14.9 Å². The minimum Gasteiger partial charge on any atom is -0.394 e. The Morgan fingerprint density at radius 3 is 2.89 bits per heavy atom. The molecule has 0 bridgehead atoms. The third-order valence-electron chi connectivity index (χ3n) is 3.14. The number of nitrogens with one attached hydrogen (secondary N) is 1. The van der Waals surface area contributed by atoms with Gasteiger partial charge in [0.2, 0.25) is 0 Å². The number of ether oxygens (including phenoxy) is 1. The van der Waals surface area contributed by atoms with Crippen LogP contribution in [0.4, 0.5) is 0 Å². The highest BCUT2D eigenvalue weighted by atomic mass is 127. The Labute approximate surface area is 122 Å². The summed E-state index contributed by atoms with van der Waals surface area (Å²) in [6.45, 7) is 0.176. The summed E-state index contributed by atoms with van der Waals surface area (Å²) in [4.78, 5) is 25.0. The number of aromatic amines is 1. The third kappa shape index (κ3) is 3.44. The zero-order valence-corrected chi connectivity index (χ0v) is 12.2. The Kier molecular flexibility index (Phi) is 4.76. The maximum atomic E-state index is 11.6. The van der Waals surface area contributed by atoms with Crippen molar-refractivity contribution in [2.24, 2.45) is 0 Å². The predicted molar refractivity (Wildman–Crippen MR) is 75.0 cm³/mol. The molecule has 0 amide bonds. The van der Waals surface area contributed by atoms with E-state index in [1.165, 1.54) is 10.8 Å². The predicted octanol–water partition coefficient (Wildman–Crippen LogP) is -0.958. The molecular formula is C11H15IN2O5. The van der Waals surface area contributed by atoms with Gasteiger partial charge in [-0.1, -0.05) is 0 Å². The van der Waals surface area contributed by atoms with Crippen LogP contribution in [0, 0.1) is 3.57 Å². The molecule has 0 radical (unpaired) electrons. The van der Waals surface area contributed by atoms with Crippen LogP contribution in [0.2, 0.25) is 0 Å². The lowest BCUT2D eigenvalue weighted by Crippen LogP contribution is -2.31. The van der Waals surface area contributed by atoms with Crippen LogP contribution in [0.15, 0.2) is 15.8 Å². The summed E-state index contributed by atoms with van der Waals surface area (Å²) < 4.78 is 7.30. The van der Waals surface area contributed by atoms with E-state index in [0.29, 0.717) is 23.0 Å². The van der Waals surface area contributed by atoms with Crippen LogP contribution in [-0.4, -0.2) is 44.7 Å². The number of aliphatic hydroxyl groups excluding tert-OH is 2. The number of nitrogens with zero attached hydrogens (tertiary/aromatic N) is 1. The molecule has 2 rings (SSSR count). The average molecular weight is 382 g/mol. The van der Waals surface area contributed by atoms with Crippen molar-refractivity contribution in [2.45, 2.75) is 37.7 Å². The first-order valence-electron chi connectivity index (χ1n) is 5.95. The van der Waals surface area contributed by atoms with E-state index < -0.39 is 23.5 Å². The monoisotopic (exact) mass is 382 g/mol. The number of hydrogen-bond donors (Lipinski definition) is 3. The van der Waals surface area contributed by atoms with E-state index in [4.69, 9.17) is 9.84 Å². The summed E-state index contributed by atoms with van der Waals surface area (Å²) >= 11 is 1.86. The molecule has 19 heavy (non-hydrogen) atoms. The molecule has 106 valence electrons. The molecule has 0 unspecified atom stereocenters. The zero-order valence-electron chi connectivity index (χ0n) is 10.1. The largest absolute Gasteiger partial charge is 0.394 e. The van der Waals surface area contributed by atoms with Crippen molar-refractivity contribution in [1.29, 1.82) is 0 Å². The molecule has 0 saturated carbocycles. The summed E-state index contributed by atoms with van der Waals surface area (Å²) in [5.74, 6) is 0. The Morgan fingerprint density at radius 1 is 1.53 bits per heavy atom. The van der Waals surface area contributed by atoms with Crippen LogP contribution in [0.1, 0.15) is 12.8 Å². The number of aryl methyl sites for hydroxylation is 1.